The molecule has 2 N–H and O–H groups in total. The first-order chi connectivity index (χ1) is 10.7. The number of carbonyl (C=O) groups excluding carboxylic acids is 1. The molecule has 0 saturated carbocycles. The predicted octanol–water partition coefficient (Wildman–Crippen LogP) is 3.79. The molecule has 0 spiro atoms. The smallest absolute Gasteiger partial charge is 0.240 e. The highest BCUT2D eigenvalue weighted by atomic mass is 32.1. The Labute approximate surface area is 136 Å². The summed E-state index contributed by atoms with van der Waals surface area (Å²) in [6, 6.07) is 13.8. The summed E-state index contributed by atoms with van der Waals surface area (Å²) in [5, 5.41) is 2.04. The van der Waals surface area contributed by atoms with E-state index in [1.807, 2.05) is 46.7 Å². The average Bonchev–Trinajstić information content (AvgIpc) is 3.05. The van der Waals surface area contributed by atoms with Gasteiger partial charge in [0, 0.05) is 11.4 Å². The maximum absolute atomic E-state index is 12.7. The molecular weight excluding hydrogens is 292 g/mol. The van der Waals surface area contributed by atoms with E-state index in [1.54, 1.807) is 11.3 Å². The lowest BCUT2D eigenvalue weighted by molar-refractivity contribution is -0.134. The highest BCUT2D eigenvalue weighted by Crippen LogP contribution is 2.16. The summed E-state index contributed by atoms with van der Waals surface area (Å²) in [5.74, 6) is 0.0469. The van der Waals surface area contributed by atoms with E-state index in [4.69, 9.17) is 5.73 Å². The Bertz CT molecular complexity index is 554. The molecule has 0 aliphatic carbocycles. The quantitative estimate of drug-likeness (QED) is 0.805. The van der Waals surface area contributed by atoms with Crippen molar-refractivity contribution in [2.24, 2.45) is 5.73 Å². The summed E-state index contributed by atoms with van der Waals surface area (Å²) in [7, 11) is 0. The van der Waals surface area contributed by atoms with Gasteiger partial charge in [0.2, 0.25) is 5.91 Å². The summed E-state index contributed by atoms with van der Waals surface area (Å²) >= 11 is 1.67. The van der Waals surface area contributed by atoms with Crippen LogP contribution in [0.3, 0.4) is 0 Å². The summed E-state index contributed by atoms with van der Waals surface area (Å²) in [6.07, 6.45) is 2.81. The fourth-order valence-electron chi connectivity index (χ4n) is 2.39. The van der Waals surface area contributed by atoms with Gasteiger partial charge in [-0.2, -0.15) is 0 Å². The third-order valence-electron chi connectivity index (χ3n) is 3.64. The molecule has 0 aliphatic rings. The van der Waals surface area contributed by atoms with Crippen LogP contribution in [-0.2, 0) is 17.9 Å². The number of carbonyl (C=O) groups is 1. The molecule has 3 nitrogen and oxygen atoms in total. The van der Waals surface area contributed by atoms with Gasteiger partial charge in [-0.25, -0.2) is 0 Å². The molecule has 2 aromatic rings. The van der Waals surface area contributed by atoms with Crippen molar-refractivity contribution in [2.75, 3.05) is 0 Å². The normalized spacial score (nSPS) is 12.1. The monoisotopic (exact) mass is 316 g/mol. The minimum absolute atomic E-state index is 0.0469. The Morgan fingerprint density at radius 2 is 1.95 bits per heavy atom. The molecule has 1 aromatic heterocycles. The minimum Gasteiger partial charge on any atom is -0.332 e. The van der Waals surface area contributed by atoms with Crippen LogP contribution in [0, 0.1) is 0 Å². The largest absolute Gasteiger partial charge is 0.332 e. The Balaban J connectivity index is 2.08. The maximum Gasteiger partial charge on any atom is 0.240 e. The van der Waals surface area contributed by atoms with Crippen molar-refractivity contribution in [3.05, 3.63) is 58.3 Å². The van der Waals surface area contributed by atoms with Crippen LogP contribution in [-0.4, -0.2) is 16.8 Å². The molecule has 0 bridgehead atoms. The number of nitrogens with zero attached hydrogens (tertiary/aromatic N) is 1. The zero-order chi connectivity index (χ0) is 15.8. The number of hydrogen-bond donors (Lipinski definition) is 1. The molecule has 0 fully saturated rings. The van der Waals surface area contributed by atoms with Gasteiger partial charge in [0.25, 0.3) is 0 Å². The summed E-state index contributed by atoms with van der Waals surface area (Å²) < 4.78 is 0. The van der Waals surface area contributed by atoms with E-state index < -0.39 is 6.04 Å². The fourth-order valence-corrected chi connectivity index (χ4v) is 3.11. The molecule has 4 heteroatoms. The van der Waals surface area contributed by atoms with E-state index >= 15 is 0 Å². The van der Waals surface area contributed by atoms with E-state index in [9.17, 15) is 4.79 Å². The zero-order valence-electron chi connectivity index (χ0n) is 13.1. The van der Waals surface area contributed by atoms with Crippen LogP contribution in [0.1, 0.15) is 36.6 Å². The first-order valence-corrected chi connectivity index (χ1v) is 8.69. The fraction of sp³-hybridized carbons (Fsp3) is 0.389. The van der Waals surface area contributed by atoms with Gasteiger partial charge in [-0.1, -0.05) is 56.2 Å². The van der Waals surface area contributed by atoms with Crippen molar-refractivity contribution in [1.82, 2.24) is 4.90 Å². The highest BCUT2D eigenvalue weighted by Gasteiger charge is 2.21. The lowest BCUT2D eigenvalue weighted by atomic mass is 10.1. The van der Waals surface area contributed by atoms with Crippen molar-refractivity contribution in [3.63, 3.8) is 0 Å². The second-order valence-electron chi connectivity index (χ2n) is 5.51. The van der Waals surface area contributed by atoms with E-state index in [0.29, 0.717) is 13.1 Å². The molecule has 0 unspecified atom stereocenters. The third kappa shape index (κ3) is 4.97. The van der Waals surface area contributed by atoms with Crippen LogP contribution in [0.5, 0.6) is 0 Å². The van der Waals surface area contributed by atoms with Gasteiger partial charge in [0.05, 0.1) is 12.6 Å². The van der Waals surface area contributed by atoms with E-state index in [-0.39, 0.29) is 5.91 Å². The van der Waals surface area contributed by atoms with Crippen molar-refractivity contribution < 1.29 is 4.79 Å². The molecule has 1 aromatic carbocycles. The Morgan fingerprint density at radius 1 is 1.18 bits per heavy atom. The summed E-state index contributed by atoms with van der Waals surface area (Å²) in [6.45, 7) is 3.35. The van der Waals surface area contributed by atoms with Crippen LogP contribution in [0.2, 0.25) is 0 Å². The van der Waals surface area contributed by atoms with Gasteiger partial charge in [0.15, 0.2) is 0 Å². The molecule has 1 atom stereocenters. The highest BCUT2D eigenvalue weighted by molar-refractivity contribution is 7.09. The lowest BCUT2D eigenvalue weighted by Crippen LogP contribution is -2.42. The number of rotatable bonds is 8. The number of nitrogens with two attached hydrogens (primary N) is 1. The molecule has 1 heterocycles. The van der Waals surface area contributed by atoms with Gasteiger partial charge in [-0.05, 0) is 23.4 Å². The van der Waals surface area contributed by atoms with E-state index in [2.05, 4.69) is 13.0 Å². The number of hydrogen-bond acceptors (Lipinski definition) is 3. The molecule has 0 saturated heterocycles. The Hall–Kier alpha value is -1.65. The van der Waals surface area contributed by atoms with Crippen LogP contribution in [0.15, 0.2) is 47.8 Å². The molecular formula is C18H24N2OS. The van der Waals surface area contributed by atoms with Crippen LogP contribution in [0.25, 0.3) is 0 Å². The zero-order valence-corrected chi connectivity index (χ0v) is 13.9. The van der Waals surface area contributed by atoms with Gasteiger partial charge in [-0.15, -0.1) is 11.3 Å². The van der Waals surface area contributed by atoms with Crippen LogP contribution in [0.4, 0.5) is 0 Å². The van der Waals surface area contributed by atoms with E-state index in [1.165, 1.54) is 4.88 Å². The van der Waals surface area contributed by atoms with Crippen molar-refractivity contribution in [1.29, 1.82) is 0 Å². The Morgan fingerprint density at radius 3 is 2.59 bits per heavy atom. The number of thiophene rings is 1. The molecule has 1 amide bonds. The molecule has 118 valence electrons. The third-order valence-corrected chi connectivity index (χ3v) is 4.50. The first-order valence-electron chi connectivity index (χ1n) is 7.81. The second kappa shape index (κ2) is 8.71. The van der Waals surface area contributed by atoms with Gasteiger partial charge >= 0.3 is 0 Å². The molecule has 0 aliphatic heterocycles. The van der Waals surface area contributed by atoms with E-state index in [0.717, 1.165) is 24.8 Å². The molecule has 22 heavy (non-hydrogen) atoms. The molecule has 2 rings (SSSR count). The van der Waals surface area contributed by atoms with Crippen molar-refractivity contribution in [3.8, 4) is 0 Å². The second-order valence-corrected chi connectivity index (χ2v) is 6.54. The Kier molecular flexibility index (Phi) is 6.62. The average molecular weight is 316 g/mol. The molecule has 0 radical (unpaired) electrons. The van der Waals surface area contributed by atoms with Gasteiger partial charge in [0.1, 0.15) is 0 Å². The van der Waals surface area contributed by atoms with Crippen molar-refractivity contribution >= 4 is 17.2 Å². The maximum atomic E-state index is 12.7. The topological polar surface area (TPSA) is 46.3 Å². The standard InChI is InChI=1S/C18H24N2OS/c1-2-3-11-17(19)18(21)20(14-16-10-7-12-22-16)13-15-8-5-4-6-9-15/h4-10,12,17H,2-3,11,13-14,19H2,1H3/t17-/m0/s1. The SMILES string of the molecule is CCCC[C@H](N)C(=O)N(Cc1ccccc1)Cc1cccs1. The van der Waals surface area contributed by atoms with Crippen LogP contribution >= 0.6 is 11.3 Å². The predicted molar refractivity (Wildman–Crippen MR) is 92.5 cm³/mol. The lowest BCUT2D eigenvalue weighted by Gasteiger charge is -2.25. The summed E-state index contributed by atoms with van der Waals surface area (Å²) in [5.41, 5.74) is 7.23. The van der Waals surface area contributed by atoms with Crippen molar-refractivity contribution in [2.45, 2.75) is 45.3 Å². The van der Waals surface area contributed by atoms with Crippen LogP contribution < -0.4 is 5.73 Å². The van der Waals surface area contributed by atoms with Gasteiger partial charge < -0.3 is 10.6 Å². The number of amides is 1. The van der Waals surface area contributed by atoms with Gasteiger partial charge in [-0.3, -0.25) is 4.79 Å². The summed E-state index contributed by atoms with van der Waals surface area (Å²) in [4.78, 5) is 15.7. The number of benzene rings is 1. The minimum atomic E-state index is -0.399. The first kappa shape index (κ1) is 16.7. The number of unbranched alkanes of at least 4 members (excludes halogenated alkanes) is 1.